The molecule has 20 heavy (non-hydrogen) atoms. The van der Waals surface area contributed by atoms with Gasteiger partial charge >= 0.3 is 5.97 Å². The van der Waals surface area contributed by atoms with Gasteiger partial charge in [0, 0.05) is 17.1 Å². The van der Waals surface area contributed by atoms with Gasteiger partial charge in [0.15, 0.2) is 0 Å². The molecule has 0 atom stereocenters. The Balaban J connectivity index is 2.31. The lowest BCUT2D eigenvalue weighted by Gasteiger charge is -2.17. The predicted molar refractivity (Wildman–Crippen MR) is 74.5 cm³/mol. The number of carboxylic acid groups (broad SMARTS) is 1. The van der Waals surface area contributed by atoms with Gasteiger partial charge in [-0.3, -0.25) is 4.98 Å². The van der Waals surface area contributed by atoms with E-state index in [0.717, 1.165) is 49.8 Å². The number of pyridine rings is 1. The molecule has 1 N–H and O–H groups in total. The van der Waals surface area contributed by atoms with Crippen molar-refractivity contribution in [2.45, 2.75) is 38.5 Å². The quantitative estimate of drug-likeness (QED) is 0.861. The summed E-state index contributed by atoms with van der Waals surface area (Å²) >= 11 is 0. The largest absolute Gasteiger partial charge is 0.478 e. The van der Waals surface area contributed by atoms with Gasteiger partial charge < -0.3 is 5.11 Å². The van der Waals surface area contributed by atoms with Crippen LogP contribution in [0, 0.1) is 5.82 Å². The molecular formula is C16H16FNO2. The van der Waals surface area contributed by atoms with E-state index in [4.69, 9.17) is 0 Å². The molecule has 0 unspecified atom stereocenters. The van der Waals surface area contributed by atoms with Crippen LogP contribution in [-0.4, -0.2) is 16.1 Å². The Morgan fingerprint density at radius 1 is 1.15 bits per heavy atom. The molecule has 0 saturated heterocycles. The summed E-state index contributed by atoms with van der Waals surface area (Å²) in [7, 11) is 0. The Hall–Kier alpha value is -1.97. The molecule has 1 heterocycles. The fraction of sp³-hybridized carbons (Fsp3) is 0.375. The topological polar surface area (TPSA) is 50.2 Å². The highest BCUT2D eigenvalue weighted by Crippen LogP contribution is 2.28. The number of hydrogen-bond acceptors (Lipinski definition) is 2. The summed E-state index contributed by atoms with van der Waals surface area (Å²) in [5, 5.41) is 10.1. The van der Waals surface area contributed by atoms with Crippen LogP contribution in [-0.2, 0) is 12.8 Å². The van der Waals surface area contributed by atoms with E-state index >= 15 is 0 Å². The van der Waals surface area contributed by atoms with Crippen LogP contribution >= 0.6 is 0 Å². The molecule has 0 spiro atoms. The van der Waals surface area contributed by atoms with Gasteiger partial charge in [0.25, 0.3) is 0 Å². The van der Waals surface area contributed by atoms with Crippen molar-refractivity contribution in [3.05, 3.63) is 40.8 Å². The first kappa shape index (κ1) is 13.0. The van der Waals surface area contributed by atoms with Gasteiger partial charge in [-0.25, -0.2) is 9.18 Å². The molecular weight excluding hydrogens is 257 g/mol. The number of nitrogens with zero attached hydrogens (tertiary/aromatic N) is 1. The van der Waals surface area contributed by atoms with Crippen molar-refractivity contribution in [3.63, 3.8) is 0 Å². The summed E-state index contributed by atoms with van der Waals surface area (Å²) in [6.45, 7) is 0. The number of aryl methyl sites for hydroxylation is 1. The number of hydrogen-bond donors (Lipinski definition) is 1. The van der Waals surface area contributed by atoms with Crippen molar-refractivity contribution in [1.29, 1.82) is 0 Å². The number of fused-ring (bicyclic) bond motifs is 2. The molecule has 0 bridgehead atoms. The predicted octanol–water partition coefficient (Wildman–Crippen LogP) is 3.73. The first-order valence-corrected chi connectivity index (χ1v) is 7.01. The Kier molecular flexibility index (Phi) is 3.38. The minimum atomic E-state index is -0.944. The number of halogens is 1. The number of aromatic carboxylic acids is 1. The molecule has 4 heteroatoms. The minimum Gasteiger partial charge on any atom is -0.478 e. The van der Waals surface area contributed by atoms with Crippen molar-refractivity contribution in [3.8, 4) is 0 Å². The summed E-state index contributed by atoms with van der Waals surface area (Å²) in [6, 6.07) is 4.15. The summed E-state index contributed by atoms with van der Waals surface area (Å²) in [6.07, 6.45) is 5.80. The van der Waals surface area contributed by atoms with Gasteiger partial charge in [0.1, 0.15) is 5.82 Å². The number of rotatable bonds is 1. The first-order chi connectivity index (χ1) is 9.66. The highest BCUT2D eigenvalue weighted by molar-refractivity contribution is 6.04. The van der Waals surface area contributed by atoms with E-state index in [9.17, 15) is 14.3 Å². The maximum atomic E-state index is 13.4. The second-order valence-electron chi connectivity index (χ2n) is 5.29. The van der Waals surface area contributed by atoms with Crippen molar-refractivity contribution < 1.29 is 14.3 Å². The van der Waals surface area contributed by atoms with Crippen LogP contribution in [0.1, 0.15) is 47.3 Å². The van der Waals surface area contributed by atoms with Gasteiger partial charge in [-0.1, -0.05) is 12.8 Å². The standard InChI is InChI=1S/C16H16FNO2/c17-10-7-8-12-14(9-10)18-13-6-4-2-1-3-5-11(13)15(12)16(19)20/h7-9H,1-6H2,(H,19,20). The van der Waals surface area contributed by atoms with Crippen molar-refractivity contribution in [1.82, 2.24) is 4.98 Å². The van der Waals surface area contributed by atoms with E-state index in [1.165, 1.54) is 18.2 Å². The summed E-state index contributed by atoms with van der Waals surface area (Å²) in [5.74, 6) is -1.33. The highest BCUT2D eigenvalue weighted by Gasteiger charge is 2.20. The minimum absolute atomic E-state index is 0.312. The number of benzene rings is 1. The molecule has 0 saturated carbocycles. The molecule has 3 rings (SSSR count). The van der Waals surface area contributed by atoms with E-state index in [1.54, 1.807) is 0 Å². The van der Waals surface area contributed by atoms with E-state index in [0.29, 0.717) is 16.5 Å². The second-order valence-corrected chi connectivity index (χ2v) is 5.29. The van der Waals surface area contributed by atoms with Gasteiger partial charge in [0.05, 0.1) is 11.1 Å². The van der Waals surface area contributed by atoms with Crippen LogP contribution in [0.15, 0.2) is 18.2 Å². The molecule has 1 aromatic heterocycles. The van der Waals surface area contributed by atoms with Crippen molar-refractivity contribution in [2.75, 3.05) is 0 Å². The number of aromatic nitrogens is 1. The maximum absolute atomic E-state index is 13.4. The van der Waals surface area contributed by atoms with E-state index in [1.807, 2.05) is 0 Å². The lowest BCUT2D eigenvalue weighted by Crippen LogP contribution is -2.11. The van der Waals surface area contributed by atoms with Crippen LogP contribution < -0.4 is 0 Å². The average Bonchev–Trinajstić information content (AvgIpc) is 2.38. The third kappa shape index (κ3) is 2.26. The Labute approximate surface area is 116 Å². The van der Waals surface area contributed by atoms with Gasteiger partial charge in [-0.05, 0) is 43.4 Å². The van der Waals surface area contributed by atoms with Gasteiger partial charge in [-0.2, -0.15) is 0 Å². The van der Waals surface area contributed by atoms with E-state index in [-0.39, 0.29) is 5.82 Å². The van der Waals surface area contributed by atoms with Gasteiger partial charge in [-0.15, -0.1) is 0 Å². The monoisotopic (exact) mass is 273 g/mol. The zero-order valence-electron chi connectivity index (χ0n) is 11.2. The van der Waals surface area contributed by atoms with Crippen LogP contribution in [0.2, 0.25) is 0 Å². The Morgan fingerprint density at radius 3 is 2.65 bits per heavy atom. The maximum Gasteiger partial charge on any atom is 0.336 e. The molecule has 104 valence electrons. The zero-order valence-corrected chi connectivity index (χ0v) is 11.2. The first-order valence-electron chi connectivity index (χ1n) is 7.01. The summed E-state index contributed by atoms with van der Waals surface area (Å²) < 4.78 is 13.4. The van der Waals surface area contributed by atoms with E-state index in [2.05, 4.69) is 4.98 Å². The van der Waals surface area contributed by atoms with E-state index < -0.39 is 5.97 Å². The van der Waals surface area contributed by atoms with Crippen LogP contribution in [0.5, 0.6) is 0 Å². The molecule has 0 radical (unpaired) electrons. The van der Waals surface area contributed by atoms with Crippen molar-refractivity contribution in [2.24, 2.45) is 0 Å². The molecule has 0 aliphatic heterocycles. The lowest BCUT2D eigenvalue weighted by atomic mass is 9.91. The fourth-order valence-corrected chi connectivity index (χ4v) is 3.00. The Bertz CT molecular complexity index is 682. The van der Waals surface area contributed by atoms with Crippen LogP contribution in [0.25, 0.3) is 10.9 Å². The molecule has 0 fully saturated rings. The molecule has 1 aromatic carbocycles. The molecule has 2 aromatic rings. The Morgan fingerprint density at radius 2 is 1.90 bits per heavy atom. The fourth-order valence-electron chi connectivity index (χ4n) is 3.00. The molecule has 1 aliphatic rings. The molecule has 3 nitrogen and oxygen atoms in total. The highest BCUT2D eigenvalue weighted by atomic mass is 19.1. The van der Waals surface area contributed by atoms with Crippen LogP contribution in [0.3, 0.4) is 0 Å². The van der Waals surface area contributed by atoms with Crippen molar-refractivity contribution >= 4 is 16.9 Å². The normalized spacial score (nSPS) is 15.4. The second kappa shape index (κ2) is 5.19. The number of carbonyl (C=O) groups is 1. The summed E-state index contributed by atoms with van der Waals surface area (Å²) in [5.41, 5.74) is 2.44. The third-order valence-electron chi connectivity index (χ3n) is 3.94. The smallest absolute Gasteiger partial charge is 0.336 e. The molecule has 1 aliphatic carbocycles. The number of carboxylic acids is 1. The summed E-state index contributed by atoms with van der Waals surface area (Å²) in [4.78, 5) is 16.2. The third-order valence-corrected chi connectivity index (χ3v) is 3.94. The van der Waals surface area contributed by atoms with Crippen LogP contribution in [0.4, 0.5) is 4.39 Å². The lowest BCUT2D eigenvalue weighted by molar-refractivity contribution is 0.0697. The SMILES string of the molecule is O=C(O)c1c2c(nc3cc(F)ccc13)CCCCCC2. The zero-order chi connectivity index (χ0) is 14.1. The average molecular weight is 273 g/mol. The molecule has 0 amide bonds. The van der Waals surface area contributed by atoms with Gasteiger partial charge in [0.2, 0.25) is 0 Å².